The van der Waals surface area contributed by atoms with Crippen LogP contribution in [0.4, 0.5) is 0 Å². The van der Waals surface area contributed by atoms with Gasteiger partial charge in [-0.3, -0.25) is 4.79 Å². The van der Waals surface area contributed by atoms with E-state index in [2.05, 4.69) is 10.1 Å². The summed E-state index contributed by atoms with van der Waals surface area (Å²) >= 11 is 0. The minimum atomic E-state index is -0.213. The van der Waals surface area contributed by atoms with Gasteiger partial charge in [-0.1, -0.05) is 0 Å². The SMILES string of the molecule is COc1nn(C)c(=O)c2nc(C)n(C)c12. The molecule has 6 nitrogen and oxygen atoms in total. The molecule has 0 saturated carbocycles. The summed E-state index contributed by atoms with van der Waals surface area (Å²) < 4.78 is 8.15. The van der Waals surface area contributed by atoms with Crippen molar-refractivity contribution >= 4 is 11.0 Å². The fourth-order valence-electron chi connectivity index (χ4n) is 1.52. The lowest BCUT2D eigenvalue weighted by Gasteiger charge is -2.04. The Morgan fingerprint density at radius 3 is 2.60 bits per heavy atom. The molecule has 2 aromatic rings. The summed E-state index contributed by atoms with van der Waals surface area (Å²) in [6, 6.07) is 0. The third-order valence-corrected chi connectivity index (χ3v) is 2.45. The van der Waals surface area contributed by atoms with Crippen LogP contribution in [0.3, 0.4) is 0 Å². The smallest absolute Gasteiger partial charge is 0.294 e. The van der Waals surface area contributed by atoms with E-state index < -0.39 is 0 Å². The van der Waals surface area contributed by atoms with Crippen LogP contribution in [0, 0.1) is 6.92 Å². The molecule has 0 aliphatic rings. The Morgan fingerprint density at radius 2 is 2.00 bits per heavy atom. The van der Waals surface area contributed by atoms with Crippen LogP contribution in [-0.4, -0.2) is 26.4 Å². The summed E-state index contributed by atoms with van der Waals surface area (Å²) in [6.45, 7) is 1.83. The lowest BCUT2D eigenvalue weighted by Crippen LogP contribution is -2.20. The van der Waals surface area contributed by atoms with Crippen LogP contribution in [0.25, 0.3) is 11.0 Å². The van der Waals surface area contributed by atoms with Crippen molar-refractivity contribution in [3.8, 4) is 5.88 Å². The highest BCUT2D eigenvalue weighted by atomic mass is 16.5. The molecule has 0 bridgehead atoms. The molecule has 2 heterocycles. The Morgan fingerprint density at radius 1 is 1.33 bits per heavy atom. The van der Waals surface area contributed by atoms with Crippen LogP contribution in [0.2, 0.25) is 0 Å². The molecule has 80 valence electrons. The van der Waals surface area contributed by atoms with Gasteiger partial charge in [0.1, 0.15) is 11.3 Å². The summed E-state index contributed by atoms with van der Waals surface area (Å²) in [5, 5.41) is 4.01. The van der Waals surface area contributed by atoms with E-state index in [4.69, 9.17) is 4.74 Å². The number of imidazole rings is 1. The molecule has 0 amide bonds. The molecule has 0 aromatic carbocycles. The molecule has 2 rings (SSSR count). The van der Waals surface area contributed by atoms with E-state index in [1.165, 1.54) is 11.8 Å². The molecule has 0 N–H and O–H groups in total. The second kappa shape index (κ2) is 3.08. The highest BCUT2D eigenvalue weighted by Gasteiger charge is 2.15. The lowest BCUT2D eigenvalue weighted by molar-refractivity contribution is 0.386. The standard InChI is InChI=1S/C9H12N4O2/c1-5-10-6-7(12(5)2)8(15-4)11-13(3)9(6)14/h1-4H3. The number of aryl methyl sites for hydroxylation is 3. The minimum absolute atomic E-state index is 0.213. The molecular formula is C9H12N4O2. The molecule has 0 fully saturated rings. The molecule has 6 heteroatoms. The lowest BCUT2D eigenvalue weighted by atomic mass is 10.4. The van der Waals surface area contributed by atoms with Crippen LogP contribution in [0.15, 0.2) is 4.79 Å². The first-order valence-electron chi connectivity index (χ1n) is 4.50. The predicted molar refractivity (Wildman–Crippen MR) is 55.0 cm³/mol. The minimum Gasteiger partial charge on any atom is -0.478 e. The van der Waals surface area contributed by atoms with Crippen molar-refractivity contribution in [1.82, 2.24) is 19.3 Å². The number of aromatic nitrogens is 4. The number of hydrogen-bond acceptors (Lipinski definition) is 4. The highest BCUT2D eigenvalue weighted by molar-refractivity contribution is 5.79. The normalized spacial score (nSPS) is 10.9. The predicted octanol–water partition coefficient (Wildman–Crippen LogP) is -0.0160. The van der Waals surface area contributed by atoms with Gasteiger partial charge in [0, 0.05) is 14.1 Å². The molecule has 0 radical (unpaired) electrons. The van der Waals surface area contributed by atoms with Crippen LogP contribution in [-0.2, 0) is 14.1 Å². The molecular weight excluding hydrogens is 196 g/mol. The van der Waals surface area contributed by atoms with Crippen LogP contribution < -0.4 is 10.3 Å². The van der Waals surface area contributed by atoms with E-state index in [1.54, 1.807) is 11.6 Å². The zero-order chi connectivity index (χ0) is 11.2. The fourth-order valence-corrected chi connectivity index (χ4v) is 1.52. The number of hydrogen-bond donors (Lipinski definition) is 0. The zero-order valence-electron chi connectivity index (χ0n) is 9.11. The quantitative estimate of drug-likeness (QED) is 0.661. The fraction of sp³-hybridized carbons (Fsp3) is 0.444. The monoisotopic (exact) mass is 208 g/mol. The van der Waals surface area contributed by atoms with Gasteiger partial charge in [0.2, 0.25) is 0 Å². The maximum atomic E-state index is 11.7. The van der Waals surface area contributed by atoms with Crippen molar-refractivity contribution in [2.24, 2.45) is 14.1 Å². The molecule has 15 heavy (non-hydrogen) atoms. The molecule has 2 aromatic heterocycles. The summed E-state index contributed by atoms with van der Waals surface area (Å²) in [4.78, 5) is 15.9. The van der Waals surface area contributed by atoms with Gasteiger partial charge in [-0.2, -0.15) is 0 Å². The van der Waals surface area contributed by atoms with Crippen LogP contribution in [0.5, 0.6) is 5.88 Å². The second-order valence-electron chi connectivity index (χ2n) is 3.35. The first-order chi connectivity index (χ1) is 7.06. The van der Waals surface area contributed by atoms with Gasteiger partial charge in [-0.15, -0.1) is 5.10 Å². The molecule has 0 spiro atoms. The van der Waals surface area contributed by atoms with E-state index >= 15 is 0 Å². The van der Waals surface area contributed by atoms with E-state index in [-0.39, 0.29) is 5.56 Å². The first kappa shape index (κ1) is 9.70. The van der Waals surface area contributed by atoms with Crippen molar-refractivity contribution in [3.05, 3.63) is 16.2 Å². The van der Waals surface area contributed by atoms with Gasteiger partial charge in [0.15, 0.2) is 5.52 Å². The summed E-state index contributed by atoms with van der Waals surface area (Å²) in [7, 11) is 4.93. The van der Waals surface area contributed by atoms with E-state index in [0.717, 1.165) is 5.82 Å². The van der Waals surface area contributed by atoms with Gasteiger partial charge in [-0.25, -0.2) is 9.67 Å². The Labute approximate surface area is 86.1 Å². The maximum absolute atomic E-state index is 11.7. The maximum Gasteiger partial charge on any atom is 0.294 e. The summed E-state index contributed by atoms with van der Waals surface area (Å²) in [5.74, 6) is 1.17. The van der Waals surface area contributed by atoms with Crippen molar-refractivity contribution < 1.29 is 4.74 Å². The van der Waals surface area contributed by atoms with Gasteiger partial charge >= 0.3 is 0 Å². The average Bonchev–Trinajstić information content (AvgIpc) is 2.50. The average molecular weight is 208 g/mol. The highest BCUT2D eigenvalue weighted by Crippen LogP contribution is 2.19. The van der Waals surface area contributed by atoms with Gasteiger partial charge in [-0.05, 0) is 6.92 Å². The van der Waals surface area contributed by atoms with Crippen molar-refractivity contribution in [3.63, 3.8) is 0 Å². The summed E-state index contributed by atoms with van der Waals surface area (Å²) in [6.07, 6.45) is 0. The zero-order valence-corrected chi connectivity index (χ0v) is 9.11. The van der Waals surface area contributed by atoms with Gasteiger partial charge in [0.05, 0.1) is 7.11 Å². The van der Waals surface area contributed by atoms with E-state index in [0.29, 0.717) is 16.9 Å². The Bertz CT molecular complexity index is 582. The first-order valence-corrected chi connectivity index (χ1v) is 4.50. The van der Waals surface area contributed by atoms with E-state index in [9.17, 15) is 4.79 Å². The number of rotatable bonds is 1. The Kier molecular flexibility index (Phi) is 1.99. The number of ether oxygens (including phenoxy) is 1. The largest absolute Gasteiger partial charge is 0.478 e. The molecule has 0 aliphatic heterocycles. The molecule has 0 aliphatic carbocycles. The third-order valence-electron chi connectivity index (χ3n) is 2.45. The van der Waals surface area contributed by atoms with Crippen LogP contribution in [0.1, 0.15) is 5.82 Å². The number of nitrogens with zero attached hydrogens (tertiary/aromatic N) is 4. The topological polar surface area (TPSA) is 61.9 Å². The molecule has 0 saturated heterocycles. The van der Waals surface area contributed by atoms with E-state index in [1.807, 2.05) is 14.0 Å². The van der Waals surface area contributed by atoms with Crippen molar-refractivity contribution in [2.75, 3.05) is 7.11 Å². The van der Waals surface area contributed by atoms with Gasteiger partial charge < -0.3 is 9.30 Å². The third kappa shape index (κ3) is 1.21. The number of methoxy groups -OCH3 is 1. The Balaban J connectivity index is 3.03. The van der Waals surface area contributed by atoms with Crippen LogP contribution >= 0.6 is 0 Å². The Hall–Kier alpha value is -1.85. The second-order valence-corrected chi connectivity index (χ2v) is 3.35. The molecule has 0 atom stereocenters. The van der Waals surface area contributed by atoms with Crippen molar-refractivity contribution in [1.29, 1.82) is 0 Å². The van der Waals surface area contributed by atoms with Gasteiger partial charge in [0.25, 0.3) is 11.4 Å². The number of fused-ring (bicyclic) bond motifs is 1. The molecule has 0 unspecified atom stereocenters. The van der Waals surface area contributed by atoms with Crippen molar-refractivity contribution in [2.45, 2.75) is 6.92 Å². The summed E-state index contributed by atoms with van der Waals surface area (Å²) in [5.41, 5.74) is 0.817.